The van der Waals surface area contributed by atoms with Crippen LogP contribution < -0.4 is 5.32 Å². The van der Waals surface area contributed by atoms with Crippen molar-refractivity contribution in [3.05, 3.63) is 0 Å². The van der Waals surface area contributed by atoms with Crippen LogP contribution in [0.2, 0.25) is 0 Å². The summed E-state index contributed by atoms with van der Waals surface area (Å²) in [6.45, 7) is 2.49. The van der Waals surface area contributed by atoms with E-state index in [0.717, 1.165) is 12.8 Å². The van der Waals surface area contributed by atoms with Crippen molar-refractivity contribution in [1.29, 1.82) is 0 Å². The molecule has 0 aromatic rings. The van der Waals surface area contributed by atoms with Crippen LogP contribution in [0, 0.1) is 0 Å². The van der Waals surface area contributed by atoms with Gasteiger partial charge in [0, 0.05) is 6.42 Å². The maximum absolute atomic E-state index is 10.7. The van der Waals surface area contributed by atoms with E-state index in [9.17, 15) is 4.79 Å². The van der Waals surface area contributed by atoms with E-state index in [0.29, 0.717) is 6.61 Å². The Bertz CT molecular complexity index is 151. The summed E-state index contributed by atoms with van der Waals surface area (Å²) in [5.41, 5.74) is 0. The molecule has 0 spiro atoms. The van der Waals surface area contributed by atoms with E-state index < -0.39 is 0 Å². The fourth-order valence-electron chi connectivity index (χ4n) is 1.10. The lowest BCUT2D eigenvalue weighted by Gasteiger charge is -2.26. The minimum Gasteiger partial charge on any atom is -0.449 e. The van der Waals surface area contributed by atoms with E-state index in [2.05, 4.69) is 5.32 Å². The van der Waals surface area contributed by atoms with Crippen LogP contribution in [-0.4, -0.2) is 24.1 Å². The van der Waals surface area contributed by atoms with Crippen molar-refractivity contribution in [2.45, 2.75) is 31.2 Å². The Morgan fingerprint density at radius 1 is 1.91 bits per heavy atom. The van der Waals surface area contributed by atoms with Crippen LogP contribution in [0.15, 0.2) is 0 Å². The fraction of sp³-hybridized carbons (Fsp3) is 0.857. The Morgan fingerprint density at radius 3 is 3.18 bits per heavy atom. The largest absolute Gasteiger partial charge is 0.449 e. The van der Waals surface area contributed by atoms with Gasteiger partial charge >= 0.3 is 6.09 Å². The smallest absolute Gasteiger partial charge is 0.407 e. The average Bonchev–Trinajstić information content (AvgIpc) is 2.03. The van der Waals surface area contributed by atoms with Gasteiger partial charge in [0.1, 0.15) is 0 Å². The molecule has 1 fully saturated rings. The molecule has 1 rings (SSSR count). The number of nitrogens with one attached hydrogen (secondary N) is 1. The Balaban J connectivity index is 2.39. The van der Waals surface area contributed by atoms with Crippen LogP contribution in [-0.2, 0) is 4.74 Å². The molecule has 4 heteroatoms. The zero-order valence-electron chi connectivity index (χ0n) is 6.47. The van der Waals surface area contributed by atoms with Crippen molar-refractivity contribution >= 4 is 17.7 Å². The standard InChI is InChI=1S/C7H12ClNO2/c1-2-5(8)6-3-4-11-7(10)9-6/h5-6H,2-4H2,1H3,(H,9,10)/t5-,6+/m0/s1. The molecule has 64 valence electrons. The van der Waals surface area contributed by atoms with Gasteiger partial charge in [-0.15, -0.1) is 11.6 Å². The minimum atomic E-state index is -0.347. The van der Waals surface area contributed by atoms with E-state index in [4.69, 9.17) is 16.3 Å². The highest BCUT2D eigenvalue weighted by atomic mass is 35.5. The third-order valence-corrected chi connectivity index (χ3v) is 2.40. The van der Waals surface area contributed by atoms with Gasteiger partial charge in [-0.05, 0) is 6.42 Å². The molecule has 0 radical (unpaired) electrons. The first kappa shape index (κ1) is 8.65. The molecule has 1 amide bonds. The second kappa shape index (κ2) is 3.81. The Labute approximate surface area is 71.1 Å². The summed E-state index contributed by atoms with van der Waals surface area (Å²) in [5, 5.41) is 2.70. The number of carbonyl (C=O) groups is 1. The maximum Gasteiger partial charge on any atom is 0.407 e. The predicted molar refractivity (Wildman–Crippen MR) is 42.8 cm³/mol. The van der Waals surface area contributed by atoms with E-state index in [1.807, 2.05) is 6.92 Å². The normalized spacial score (nSPS) is 27.1. The highest BCUT2D eigenvalue weighted by molar-refractivity contribution is 6.21. The zero-order valence-corrected chi connectivity index (χ0v) is 7.23. The molecule has 11 heavy (non-hydrogen) atoms. The summed E-state index contributed by atoms with van der Waals surface area (Å²) in [5.74, 6) is 0. The molecular formula is C7H12ClNO2. The quantitative estimate of drug-likeness (QED) is 0.650. The Kier molecular flexibility index (Phi) is 3.00. The number of cyclic esters (lactones) is 1. The number of halogens is 1. The lowest BCUT2D eigenvalue weighted by atomic mass is 10.1. The molecule has 2 atom stereocenters. The van der Waals surface area contributed by atoms with E-state index in [1.54, 1.807) is 0 Å². The third kappa shape index (κ3) is 2.26. The van der Waals surface area contributed by atoms with Crippen molar-refractivity contribution in [1.82, 2.24) is 5.32 Å². The SMILES string of the molecule is CC[C@H](Cl)[C@H]1CCOC(=O)N1. The van der Waals surface area contributed by atoms with Crippen molar-refractivity contribution < 1.29 is 9.53 Å². The number of carbonyl (C=O) groups excluding carboxylic acids is 1. The summed E-state index contributed by atoms with van der Waals surface area (Å²) < 4.78 is 4.69. The van der Waals surface area contributed by atoms with Crippen molar-refractivity contribution in [2.75, 3.05) is 6.61 Å². The molecule has 0 aromatic heterocycles. The van der Waals surface area contributed by atoms with Crippen molar-refractivity contribution in [3.8, 4) is 0 Å². The van der Waals surface area contributed by atoms with Crippen LogP contribution >= 0.6 is 11.6 Å². The molecule has 1 aliphatic heterocycles. The van der Waals surface area contributed by atoms with Gasteiger partial charge in [0.15, 0.2) is 0 Å². The van der Waals surface area contributed by atoms with Gasteiger partial charge in [0.05, 0.1) is 18.0 Å². The molecule has 0 saturated carbocycles. The van der Waals surface area contributed by atoms with Crippen LogP contribution in [0.4, 0.5) is 4.79 Å². The third-order valence-electron chi connectivity index (χ3n) is 1.79. The summed E-state index contributed by atoms with van der Waals surface area (Å²) in [7, 11) is 0. The van der Waals surface area contributed by atoms with Gasteiger partial charge in [-0.3, -0.25) is 0 Å². The van der Waals surface area contributed by atoms with E-state index >= 15 is 0 Å². The monoisotopic (exact) mass is 177 g/mol. The first-order valence-electron chi connectivity index (χ1n) is 3.81. The molecule has 0 aromatic carbocycles. The van der Waals surface area contributed by atoms with Crippen LogP contribution in [0.25, 0.3) is 0 Å². The number of alkyl carbamates (subject to hydrolysis) is 1. The molecule has 3 nitrogen and oxygen atoms in total. The van der Waals surface area contributed by atoms with Gasteiger partial charge in [0.2, 0.25) is 0 Å². The number of ether oxygens (including phenoxy) is 1. The lowest BCUT2D eigenvalue weighted by Crippen LogP contribution is -2.46. The molecule has 1 N–H and O–H groups in total. The highest BCUT2D eigenvalue weighted by Gasteiger charge is 2.24. The molecule has 0 aliphatic carbocycles. The highest BCUT2D eigenvalue weighted by Crippen LogP contribution is 2.13. The minimum absolute atomic E-state index is 0.0304. The number of hydrogen-bond donors (Lipinski definition) is 1. The van der Waals surface area contributed by atoms with E-state index in [-0.39, 0.29) is 17.5 Å². The number of alkyl halides is 1. The van der Waals surface area contributed by atoms with Gasteiger partial charge in [-0.2, -0.15) is 0 Å². The summed E-state index contributed by atoms with van der Waals surface area (Å²) >= 11 is 5.94. The molecule has 1 aliphatic rings. The number of rotatable bonds is 2. The van der Waals surface area contributed by atoms with Crippen molar-refractivity contribution in [2.24, 2.45) is 0 Å². The average molecular weight is 178 g/mol. The van der Waals surface area contributed by atoms with Crippen LogP contribution in [0.1, 0.15) is 19.8 Å². The second-order valence-electron chi connectivity index (χ2n) is 2.60. The molecule has 1 heterocycles. The van der Waals surface area contributed by atoms with Crippen LogP contribution in [0.5, 0.6) is 0 Å². The van der Waals surface area contributed by atoms with Gasteiger partial charge < -0.3 is 10.1 Å². The Hall–Kier alpha value is -0.440. The number of amides is 1. The second-order valence-corrected chi connectivity index (χ2v) is 3.16. The predicted octanol–water partition coefficient (Wildman–Crippen LogP) is 1.50. The Morgan fingerprint density at radius 2 is 2.64 bits per heavy atom. The first-order chi connectivity index (χ1) is 5.24. The van der Waals surface area contributed by atoms with E-state index in [1.165, 1.54) is 0 Å². The first-order valence-corrected chi connectivity index (χ1v) is 4.25. The fourth-order valence-corrected chi connectivity index (χ4v) is 1.29. The van der Waals surface area contributed by atoms with Crippen molar-refractivity contribution in [3.63, 3.8) is 0 Å². The van der Waals surface area contributed by atoms with Gasteiger partial charge in [0.25, 0.3) is 0 Å². The molecule has 1 saturated heterocycles. The van der Waals surface area contributed by atoms with Gasteiger partial charge in [-0.25, -0.2) is 4.79 Å². The lowest BCUT2D eigenvalue weighted by molar-refractivity contribution is 0.114. The summed E-state index contributed by atoms with van der Waals surface area (Å²) in [6, 6.07) is 0.0860. The van der Waals surface area contributed by atoms with Gasteiger partial charge in [-0.1, -0.05) is 6.92 Å². The number of hydrogen-bond acceptors (Lipinski definition) is 2. The topological polar surface area (TPSA) is 38.3 Å². The molecular weight excluding hydrogens is 166 g/mol. The molecule has 0 unspecified atom stereocenters. The molecule has 0 bridgehead atoms. The summed E-state index contributed by atoms with van der Waals surface area (Å²) in [6.07, 6.45) is 1.33. The zero-order chi connectivity index (χ0) is 8.27. The summed E-state index contributed by atoms with van der Waals surface area (Å²) in [4.78, 5) is 10.7. The van der Waals surface area contributed by atoms with Crippen LogP contribution in [0.3, 0.4) is 0 Å². The maximum atomic E-state index is 10.7.